The number of pyridine rings is 1. The minimum absolute atomic E-state index is 0.159. The molecule has 0 saturated heterocycles. The maximum Gasteiger partial charge on any atom is 0.213 e. The summed E-state index contributed by atoms with van der Waals surface area (Å²) in [6.45, 7) is 4.66. The Hall–Kier alpha value is -1.75. The molecule has 1 N–H and O–H groups in total. The predicted octanol–water partition coefficient (Wildman–Crippen LogP) is 4.42. The number of rotatable bonds is 6. The van der Waals surface area contributed by atoms with Gasteiger partial charge in [-0.05, 0) is 53.5 Å². The molecule has 5 heteroatoms. The maximum absolute atomic E-state index is 5.33. The van der Waals surface area contributed by atoms with Crippen molar-refractivity contribution in [3.63, 3.8) is 0 Å². The normalized spacial score (nSPS) is 11.8. The molecule has 1 unspecified atom stereocenters. The van der Waals surface area contributed by atoms with Gasteiger partial charge in [-0.2, -0.15) is 0 Å². The van der Waals surface area contributed by atoms with Gasteiger partial charge in [0.2, 0.25) is 5.88 Å². The highest BCUT2D eigenvalue weighted by atomic mass is 79.9. The van der Waals surface area contributed by atoms with E-state index in [2.05, 4.69) is 39.2 Å². The summed E-state index contributed by atoms with van der Waals surface area (Å²) >= 11 is 3.51. The molecule has 0 aliphatic carbocycles. The third-order valence-corrected chi connectivity index (χ3v) is 3.71. The van der Waals surface area contributed by atoms with Crippen molar-refractivity contribution in [2.24, 2.45) is 0 Å². The SMILES string of the molecule is CCOc1ccc(NC(C)c2ccc(OC)c(Br)c2)cn1. The van der Waals surface area contributed by atoms with Gasteiger partial charge >= 0.3 is 0 Å². The van der Waals surface area contributed by atoms with Gasteiger partial charge in [0.1, 0.15) is 5.75 Å². The molecular formula is C16H19BrN2O2. The number of aromatic nitrogens is 1. The van der Waals surface area contributed by atoms with E-state index >= 15 is 0 Å². The molecule has 0 bridgehead atoms. The van der Waals surface area contributed by atoms with E-state index in [9.17, 15) is 0 Å². The average Bonchev–Trinajstić information content (AvgIpc) is 2.49. The Bertz CT molecular complexity index is 587. The number of hydrogen-bond donors (Lipinski definition) is 1. The molecule has 1 aromatic heterocycles. The fourth-order valence-corrected chi connectivity index (χ4v) is 2.54. The second-order valence-electron chi connectivity index (χ2n) is 4.58. The third kappa shape index (κ3) is 4.11. The van der Waals surface area contributed by atoms with Crippen molar-refractivity contribution in [1.29, 1.82) is 0 Å². The number of halogens is 1. The summed E-state index contributed by atoms with van der Waals surface area (Å²) in [5.41, 5.74) is 2.12. The predicted molar refractivity (Wildman–Crippen MR) is 88.1 cm³/mol. The first-order chi connectivity index (χ1) is 10.1. The summed E-state index contributed by atoms with van der Waals surface area (Å²) in [5.74, 6) is 1.47. The van der Waals surface area contributed by atoms with Crippen LogP contribution >= 0.6 is 15.9 Å². The molecule has 0 spiro atoms. The van der Waals surface area contributed by atoms with E-state index in [1.54, 1.807) is 13.3 Å². The van der Waals surface area contributed by atoms with Crippen LogP contribution in [0.15, 0.2) is 41.0 Å². The molecule has 1 heterocycles. The van der Waals surface area contributed by atoms with Gasteiger partial charge in [-0.1, -0.05) is 6.07 Å². The van der Waals surface area contributed by atoms with Crippen LogP contribution in [0.25, 0.3) is 0 Å². The van der Waals surface area contributed by atoms with Gasteiger partial charge in [0.05, 0.1) is 30.1 Å². The zero-order chi connectivity index (χ0) is 15.2. The first kappa shape index (κ1) is 15.6. The second kappa shape index (κ2) is 7.31. The van der Waals surface area contributed by atoms with Crippen LogP contribution in [-0.4, -0.2) is 18.7 Å². The molecule has 0 fully saturated rings. The summed E-state index contributed by atoms with van der Waals surface area (Å²) in [6.07, 6.45) is 1.78. The Kier molecular flexibility index (Phi) is 5.44. The highest BCUT2D eigenvalue weighted by Crippen LogP contribution is 2.29. The van der Waals surface area contributed by atoms with Gasteiger partial charge in [-0.3, -0.25) is 0 Å². The van der Waals surface area contributed by atoms with Crippen molar-refractivity contribution >= 4 is 21.6 Å². The Balaban J connectivity index is 2.06. The van der Waals surface area contributed by atoms with Crippen LogP contribution in [0.3, 0.4) is 0 Å². The molecule has 2 rings (SSSR count). The minimum Gasteiger partial charge on any atom is -0.496 e. The zero-order valence-corrected chi connectivity index (χ0v) is 14.0. The fraction of sp³-hybridized carbons (Fsp3) is 0.312. The molecule has 0 saturated carbocycles. The number of anilines is 1. The number of hydrogen-bond acceptors (Lipinski definition) is 4. The first-order valence-corrected chi connectivity index (χ1v) is 7.62. The van der Waals surface area contributed by atoms with Crippen LogP contribution in [0.4, 0.5) is 5.69 Å². The summed E-state index contributed by atoms with van der Waals surface area (Å²) in [7, 11) is 1.66. The number of methoxy groups -OCH3 is 1. The molecule has 4 nitrogen and oxygen atoms in total. The maximum atomic E-state index is 5.33. The lowest BCUT2D eigenvalue weighted by Gasteiger charge is -2.17. The molecule has 0 amide bonds. The Morgan fingerprint density at radius 1 is 1.29 bits per heavy atom. The van der Waals surface area contributed by atoms with Crippen molar-refractivity contribution < 1.29 is 9.47 Å². The minimum atomic E-state index is 0.159. The summed E-state index contributed by atoms with van der Waals surface area (Å²) in [4.78, 5) is 4.25. The van der Waals surface area contributed by atoms with E-state index in [1.807, 2.05) is 31.2 Å². The lowest BCUT2D eigenvalue weighted by molar-refractivity contribution is 0.327. The van der Waals surface area contributed by atoms with Crippen LogP contribution in [0.2, 0.25) is 0 Å². The Labute approximate surface area is 133 Å². The van der Waals surface area contributed by atoms with Crippen LogP contribution in [0.5, 0.6) is 11.6 Å². The zero-order valence-electron chi connectivity index (χ0n) is 12.4. The second-order valence-corrected chi connectivity index (χ2v) is 5.43. The topological polar surface area (TPSA) is 43.4 Å². The number of nitrogens with one attached hydrogen (secondary N) is 1. The van der Waals surface area contributed by atoms with Crippen LogP contribution in [-0.2, 0) is 0 Å². The molecule has 0 aliphatic rings. The van der Waals surface area contributed by atoms with Gasteiger partial charge < -0.3 is 14.8 Å². The fourth-order valence-electron chi connectivity index (χ4n) is 1.98. The summed E-state index contributed by atoms with van der Waals surface area (Å²) in [6, 6.07) is 10.0. The van der Waals surface area contributed by atoms with E-state index in [0.29, 0.717) is 12.5 Å². The third-order valence-electron chi connectivity index (χ3n) is 3.09. The molecule has 1 aromatic carbocycles. The quantitative estimate of drug-likeness (QED) is 0.836. The number of benzene rings is 1. The molecule has 2 aromatic rings. The van der Waals surface area contributed by atoms with E-state index in [1.165, 1.54) is 0 Å². The highest BCUT2D eigenvalue weighted by molar-refractivity contribution is 9.10. The van der Waals surface area contributed by atoms with E-state index in [0.717, 1.165) is 21.5 Å². The lowest BCUT2D eigenvalue weighted by atomic mass is 10.1. The van der Waals surface area contributed by atoms with Gasteiger partial charge in [-0.25, -0.2) is 4.98 Å². The van der Waals surface area contributed by atoms with Gasteiger partial charge in [0.25, 0.3) is 0 Å². The lowest BCUT2D eigenvalue weighted by Crippen LogP contribution is -2.07. The van der Waals surface area contributed by atoms with E-state index in [4.69, 9.17) is 9.47 Å². The highest BCUT2D eigenvalue weighted by Gasteiger charge is 2.09. The molecule has 1 atom stereocenters. The summed E-state index contributed by atoms with van der Waals surface area (Å²) < 4.78 is 11.5. The largest absolute Gasteiger partial charge is 0.496 e. The standard InChI is InChI=1S/C16H19BrN2O2/c1-4-21-16-8-6-13(10-18-16)19-11(2)12-5-7-15(20-3)14(17)9-12/h5-11,19H,4H2,1-3H3. The van der Waals surface area contributed by atoms with Crippen molar-refractivity contribution in [3.8, 4) is 11.6 Å². The van der Waals surface area contributed by atoms with Gasteiger partial charge in [-0.15, -0.1) is 0 Å². The van der Waals surface area contributed by atoms with Gasteiger partial charge in [0, 0.05) is 12.1 Å². The molecule has 21 heavy (non-hydrogen) atoms. The van der Waals surface area contributed by atoms with Crippen molar-refractivity contribution in [3.05, 3.63) is 46.6 Å². The van der Waals surface area contributed by atoms with Crippen LogP contribution in [0, 0.1) is 0 Å². The molecule has 0 aliphatic heterocycles. The Morgan fingerprint density at radius 3 is 2.67 bits per heavy atom. The van der Waals surface area contributed by atoms with Crippen molar-refractivity contribution in [2.75, 3.05) is 19.0 Å². The van der Waals surface area contributed by atoms with E-state index < -0.39 is 0 Å². The average molecular weight is 351 g/mol. The molecule has 112 valence electrons. The summed E-state index contributed by atoms with van der Waals surface area (Å²) in [5, 5.41) is 3.41. The molecule has 0 radical (unpaired) electrons. The van der Waals surface area contributed by atoms with E-state index in [-0.39, 0.29) is 6.04 Å². The van der Waals surface area contributed by atoms with Crippen molar-refractivity contribution in [2.45, 2.75) is 19.9 Å². The van der Waals surface area contributed by atoms with Crippen LogP contribution in [0.1, 0.15) is 25.5 Å². The molecular weight excluding hydrogens is 332 g/mol. The van der Waals surface area contributed by atoms with Crippen LogP contribution < -0.4 is 14.8 Å². The Morgan fingerprint density at radius 2 is 2.10 bits per heavy atom. The number of ether oxygens (including phenoxy) is 2. The number of nitrogens with zero attached hydrogens (tertiary/aromatic N) is 1. The van der Waals surface area contributed by atoms with Crippen molar-refractivity contribution in [1.82, 2.24) is 4.98 Å². The van der Waals surface area contributed by atoms with Gasteiger partial charge in [0.15, 0.2) is 0 Å². The smallest absolute Gasteiger partial charge is 0.213 e. The monoisotopic (exact) mass is 350 g/mol. The first-order valence-electron chi connectivity index (χ1n) is 6.83.